The first-order chi connectivity index (χ1) is 6.61. The molecular weight excluding hydrogens is 265 g/mol. The summed E-state index contributed by atoms with van der Waals surface area (Å²) in [5.74, 6) is 0. The van der Waals surface area contributed by atoms with E-state index >= 15 is 0 Å². The monoisotopic (exact) mass is 273 g/mol. The van der Waals surface area contributed by atoms with Crippen molar-refractivity contribution in [3.8, 4) is 0 Å². The molecule has 5 heteroatoms. The molecule has 0 spiro atoms. The number of fused-ring (bicyclic) bond motifs is 1. The van der Waals surface area contributed by atoms with E-state index in [-0.39, 0.29) is 6.04 Å². The van der Waals surface area contributed by atoms with Crippen molar-refractivity contribution in [2.24, 2.45) is 0 Å². The molecule has 2 aromatic rings. The molecule has 3 nitrogen and oxygen atoms in total. The molecule has 2 heterocycles. The van der Waals surface area contributed by atoms with E-state index in [1.54, 1.807) is 6.20 Å². The number of halogens is 2. The third-order valence-corrected chi connectivity index (χ3v) is 2.91. The van der Waals surface area contributed by atoms with Gasteiger partial charge in [-0.1, -0.05) is 0 Å². The SMILES string of the molecule is CC(C)n1c(Cl)nc2c(Br)ccnc21. The Bertz CT molecular complexity index is 478. The molecule has 14 heavy (non-hydrogen) atoms. The summed E-state index contributed by atoms with van der Waals surface area (Å²) in [6.07, 6.45) is 1.74. The minimum atomic E-state index is 0.259. The van der Waals surface area contributed by atoms with Crippen molar-refractivity contribution in [3.63, 3.8) is 0 Å². The van der Waals surface area contributed by atoms with E-state index in [4.69, 9.17) is 11.6 Å². The molecule has 0 unspecified atom stereocenters. The van der Waals surface area contributed by atoms with E-state index in [2.05, 4.69) is 39.7 Å². The Morgan fingerprint density at radius 2 is 2.21 bits per heavy atom. The maximum atomic E-state index is 6.03. The second kappa shape index (κ2) is 3.51. The summed E-state index contributed by atoms with van der Waals surface area (Å²) < 4.78 is 2.82. The van der Waals surface area contributed by atoms with Gasteiger partial charge in [-0.05, 0) is 47.4 Å². The number of rotatable bonds is 1. The van der Waals surface area contributed by atoms with Crippen molar-refractivity contribution in [1.29, 1.82) is 0 Å². The highest BCUT2D eigenvalue weighted by atomic mass is 79.9. The average molecular weight is 275 g/mol. The molecule has 0 atom stereocenters. The van der Waals surface area contributed by atoms with E-state index in [1.165, 1.54) is 0 Å². The van der Waals surface area contributed by atoms with Gasteiger partial charge in [0.15, 0.2) is 5.65 Å². The molecule has 0 aliphatic rings. The lowest BCUT2D eigenvalue weighted by Crippen LogP contribution is -2.01. The van der Waals surface area contributed by atoms with Crippen molar-refractivity contribution in [2.45, 2.75) is 19.9 Å². The Hall–Kier alpha value is -0.610. The summed E-state index contributed by atoms with van der Waals surface area (Å²) >= 11 is 9.44. The molecule has 0 saturated heterocycles. The van der Waals surface area contributed by atoms with Crippen LogP contribution in [-0.2, 0) is 0 Å². The highest BCUT2D eigenvalue weighted by molar-refractivity contribution is 9.10. The van der Waals surface area contributed by atoms with Gasteiger partial charge in [-0.25, -0.2) is 9.97 Å². The molecule has 0 fully saturated rings. The van der Waals surface area contributed by atoms with Crippen LogP contribution in [0.15, 0.2) is 16.7 Å². The maximum absolute atomic E-state index is 6.03. The fourth-order valence-corrected chi connectivity index (χ4v) is 2.13. The summed E-state index contributed by atoms with van der Waals surface area (Å²) in [5, 5.41) is 0.481. The van der Waals surface area contributed by atoms with Crippen molar-refractivity contribution >= 4 is 38.7 Å². The predicted octanol–water partition coefficient (Wildman–Crippen LogP) is 3.43. The van der Waals surface area contributed by atoms with Crippen molar-refractivity contribution < 1.29 is 0 Å². The molecule has 0 aliphatic carbocycles. The second-order valence-electron chi connectivity index (χ2n) is 3.31. The van der Waals surface area contributed by atoms with Crippen LogP contribution in [0.25, 0.3) is 11.2 Å². The Balaban J connectivity index is 2.83. The van der Waals surface area contributed by atoms with Gasteiger partial charge < -0.3 is 0 Å². The molecule has 0 aromatic carbocycles. The summed E-state index contributed by atoms with van der Waals surface area (Å²) in [6, 6.07) is 2.12. The van der Waals surface area contributed by atoms with Gasteiger partial charge >= 0.3 is 0 Å². The fraction of sp³-hybridized carbons (Fsp3) is 0.333. The Morgan fingerprint density at radius 1 is 1.50 bits per heavy atom. The highest BCUT2D eigenvalue weighted by Crippen LogP contribution is 2.27. The zero-order valence-corrected chi connectivity index (χ0v) is 10.2. The molecule has 0 radical (unpaired) electrons. The van der Waals surface area contributed by atoms with E-state index in [0.717, 1.165) is 15.6 Å². The normalized spacial score (nSPS) is 11.5. The fourth-order valence-electron chi connectivity index (χ4n) is 1.39. The van der Waals surface area contributed by atoms with Crippen LogP contribution in [0.5, 0.6) is 0 Å². The van der Waals surface area contributed by atoms with Crippen LogP contribution in [0.2, 0.25) is 5.28 Å². The van der Waals surface area contributed by atoms with Crippen LogP contribution in [0.1, 0.15) is 19.9 Å². The van der Waals surface area contributed by atoms with Gasteiger partial charge in [0.05, 0.1) is 0 Å². The predicted molar refractivity (Wildman–Crippen MR) is 60.6 cm³/mol. The third kappa shape index (κ3) is 1.42. The van der Waals surface area contributed by atoms with E-state index < -0.39 is 0 Å². The Labute approximate surface area is 95.2 Å². The average Bonchev–Trinajstić information content (AvgIpc) is 2.42. The topological polar surface area (TPSA) is 30.7 Å². The second-order valence-corrected chi connectivity index (χ2v) is 4.50. The van der Waals surface area contributed by atoms with Crippen LogP contribution >= 0.6 is 27.5 Å². The standard InChI is InChI=1S/C9H9BrClN3/c1-5(2)14-8-7(13-9(14)11)6(10)3-4-12-8/h3-5H,1-2H3. The molecule has 0 amide bonds. The van der Waals surface area contributed by atoms with Gasteiger partial charge in [0.25, 0.3) is 0 Å². The summed E-state index contributed by atoms with van der Waals surface area (Å²) in [4.78, 5) is 8.52. The number of hydrogen-bond donors (Lipinski definition) is 0. The molecule has 0 bridgehead atoms. The van der Waals surface area contributed by atoms with Crippen LogP contribution in [0.3, 0.4) is 0 Å². The van der Waals surface area contributed by atoms with Crippen LogP contribution < -0.4 is 0 Å². The summed E-state index contributed by atoms with van der Waals surface area (Å²) in [7, 11) is 0. The largest absolute Gasteiger partial charge is 0.297 e. The molecular formula is C9H9BrClN3. The summed E-state index contributed by atoms with van der Waals surface area (Å²) in [5.41, 5.74) is 1.63. The number of nitrogens with zero attached hydrogens (tertiary/aromatic N) is 3. The first kappa shape index (κ1) is 9.93. The number of pyridine rings is 1. The minimum absolute atomic E-state index is 0.259. The lowest BCUT2D eigenvalue weighted by Gasteiger charge is -2.07. The quantitative estimate of drug-likeness (QED) is 0.797. The molecule has 0 saturated carbocycles. The zero-order chi connectivity index (χ0) is 10.3. The number of hydrogen-bond acceptors (Lipinski definition) is 2. The number of imidazole rings is 1. The smallest absolute Gasteiger partial charge is 0.205 e. The maximum Gasteiger partial charge on any atom is 0.205 e. The lowest BCUT2D eigenvalue weighted by molar-refractivity contribution is 0.614. The first-order valence-corrected chi connectivity index (χ1v) is 5.46. The molecule has 74 valence electrons. The Morgan fingerprint density at radius 3 is 2.86 bits per heavy atom. The molecule has 2 rings (SSSR count). The third-order valence-electron chi connectivity index (χ3n) is 2.00. The lowest BCUT2D eigenvalue weighted by atomic mass is 10.4. The number of aromatic nitrogens is 3. The highest BCUT2D eigenvalue weighted by Gasteiger charge is 2.13. The van der Waals surface area contributed by atoms with E-state index in [9.17, 15) is 0 Å². The van der Waals surface area contributed by atoms with Crippen molar-refractivity contribution in [3.05, 3.63) is 22.0 Å². The molecule has 0 aliphatic heterocycles. The van der Waals surface area contributed by atoms with Crippen LogP contribution in [0.4, 0.5) is 0 Å². The van der Waals surface area contributed by atoms with Gasteiger partial charge in [-0.2, -0.15) is 0 Å². The Kier molecular flexibility index (Phi) is 2.49. The molecule has 0 N–H and O–H groups in total. The van der Waals surface area contributed by atoms with Gasteiger partial charge in [0, 0.05) is 16.7 Å². The van der Waals surface area contributed by atoms with Crippen molar-refractivity contribution in [2.75, 3.05) is 0 Å². The minimum Gasteiger partial charge on any atom is -0.297 e. The van der Waals surface area contributed by atoms with Gasteiger partial charge in [0.1, 0.15) is 5.52 Å². The van der Waals surface area contributed by atoms with E-state index in [1.807, 2.05) is 10.6 Å². The van der Waals surface area contributed by atoms with Crippen molar-refractivity contribution in [1.82, 2.24) is 14.5 Å². The zero-order valence-electron chi connectivity index (χ0n) is 7.83. The van der Waals surface area contributed by atoms with Gasteiger partial charge in [-0.3, -0.25) is 4.57 Å². The van der Waals surface area contributed by atoms with E-state index in [0.29, 0.717) is 5.28 Å². The van der Waals surface area contributed by atoms with Crippen LogP contribution in [0, 0.1) is 0 Å². The molecule has 2 aromatic heterocycles. The summed E-state index contributed by atoms with van der Waals surface area (Å²) in [6.45, 7) is 4.10. The first-order valence-electron chi connectivity index (χ1n) is 4.29. The van der Waals surface area contributed by atoms with Gasteiger partial charge in [0.2, 0.25) is 5.28 Å². The van der Waals surface area contributed by atoms with Gasteiger partial charge in [-0.15, -0.1) is 0 Å². The van der Waals surface area contributed by atoms with Crippen LogP contribution in [-0.4, -0.2) is 14.5 Å².